The normalized spacial score (nSPS) is 10.5. The number of halogens is 1. The molecule has 0 aliphatic carbocycles. The van der Waals surface area contributed by atoms with Gasteiger partial charge in [0.2, 0.25) is 0 Å². The number of rotatable bonds is 3. The number of aryl methyl sites for hydroxylation is 1. The van der Waals surface area contributed by atoms with Gasteiger partial charge in [0.1, 0.15) is 5.69 Å². The number of carbonyl (C=O) groups is 1. The third kappa shape index (κ3) is 2.19. The molecule has 1 aromatic carbocycles. The van der Waals surface area contributed by atoms with E-state index < -0.39 is 5.97 Å². The first-order valence-electron chi connectivity index (χ1n) is 5.32. The van der Waals surface area contributed by atoms with Gasteiger partial charge in [-0.3, -0.25) is 0 Å². The molecule has 3 nitrogen and oxygen atoms in total. The van der Waals surface area contributed by atoms with Crippen LogP contribution < -0.4 is 0 Å². The smallest absolute Gasteiger partial charge is 0.352 e. The molecule has 0 aliphatic rings. The van der Waals surface area contributed by atoms with Crippen LogP contribution in [0.5, 0.6) is 0 Å². The van der Waals surface area contributed by atoms with E-state index in [9.17, 15) is 4.79 Å². The molecule has 0 fully saturated rings. The van der Waals surface area contributed by atoms with Crippen LogP contribution in [0.2, 0.25) is 5.02 Å². The van der Waals surface area contributed by atoms with Crippen LogP contribution in [0.4, 0.5) is 0 Å². The largest absolute Gasteiger partial charge is 0.477 e. The van der Waals surface area contributed by atoms with Gasteiger partial charge in [0, 0.05) is 28.9 Å². The number of carboxylic acids is 1. The van der Waals surface area contributed by atoms with E-state index in [1.807, 2.05) is 31.3 Å². The van der Waals surface area contributed by atoms with Crippen LogP contribution in [0.15, 0.2) is 36.5 Å². The van der Waals surface area contributed by atoms with Gasteiger partial charge in [0.05, 0.1) is 0 Å². The fourth-order valence-corrected chi connectivity index (χ4v) is 2.04. The van der Waals surface area contributed by atoms with E-state index in [1.54, 1.807) is 16.7 Å². The quantitative estimate of drug-likeness (QED) is 0.904. The summed E-state index contributed by atoms with van der Waals surface area (Å²) in [4.78, 5) is 11.1. The highest BCUT2D eigenvalue weighted by Gasteiger charge is 2.13. The predicted octanol–water partition coefficient (Wildman–Crippen LogP) is 3.53. The molecule has 0 saturated heterocycles. The molecule has 1 aromatic heterocycles. The Bertz CT molecular complexity index is 560. The zero-order chi connectivity index (χ0) is 12.4. The minimum absolute atomic E-state index is 0.280. The van der Waals surface area contributed by atoms with Crippen LogP contribution in [0.1, 0.15) is 17.4 Å². The van der Waals surface area contributed by atoms with Crippen LogP contribution >= 0.6 is 11.6 Å². The first-order chi connectivity index (χ1) is 8.13. The van der Waals surface area contributed by atoms with Gasteiger partial charge >= 0.3 is 5.97 Å². The molecule has 0 saturated carbocycles. The molecule has 0 atom stereocenters. The van der Waals surface area contributed by atoms with Crippen molar-refractivity contribution in [2.24, 2.45) is 0 Å². The maximum atomic E-state index is 11.1. The number of hydrogen-bond donors (Lipinski definition) is 1. The van der Waals surface area contributed by atoms with Crippen LogP contribution in [0.3, 0.4) is 0 Å². The maximum Gasteiger partial charge on any atom is 0.352 e. The molecule has 1 heterocycles. The highest BCUT2D eigenvalue weighted by Crippen LogP contribution is 2.29. The summed E-state index contributed by atoms with van der Waals surface area (Å²) in [7, 11) is 0. The third-order valence-electron chi connectivity index (χ3n) is 2.64. The van der Waals surface area contributed by atoms with Crippen molar-refractivity contribution in [2.75, 3.05) is 0 Å². The Morgan fingerprint density at radius 3 is 2.65 bits per heavy atom. The SMILES string of the molecule is CCn1cc(-c2ccccc2Cl)cc1C(=O)O. The van der Waals surface area contributed by atoms with Crippen molar-refractivity contribution in [3.8, 4) is 11.1 Å². The minimum Gasteiger partial charge on any atom is -0.477 e. The Hall–Kier alpha value is -1.74. The lowest BCUT2D eigenvalue weighted by atomic mass is 10.1. The second-order valence-corrected chi connectivity index (χ2v) is 4.09. The Morgan fingerprint density at radius 1 is 1.41 bits per heavy atom. The Balaban J connectivity index is 2.54. The van der Waals surface area contributed by atoms with Crippen molar-refractivity contribution >= 4 is 17.6 Å². The summed E-state index contributed by atoms with van der Waals surface area (Å²) in [6.07, 6.45) is 1.81. The van der Waals surface area contributed by atoms with Gasteiger partial charge in [-0.1, -0.05) is 29.8 Å². The fraction of sp³-hybridized carbons (Fsp3) is 0.154. The zero-order valence-corrected chi connectivity index (χ0v) is 10.1. The van der Waals surface area contributed by atoms with E-state index in [1.165, 1.54) is 0 Å². The summed E-state index contributed by atoms with van der Waals surface area (Å²) in [6.45, 7) is 2.52. The highest BCUT2D eigenvalue weighted by molar-refractivity contribution is 6.33. The van der Waals surface area contributed by atoms with Crippen molar-refractivity contribution < 1.29 is 9.90 Å². The van der Waals surface area contributed by atoms with Crippen molar-refractivity contribution in [1.29, 1.82) is 0 Å². The van der Waals surface area contributed by atoms with Gasteiger partial charge in [-0.2, -0.15) is 0 Å². The van der Waals surface area contributed by atoms with Gasteiger partial charge in [0.25, 0.3) is 0 Å². The monoisotopic (exact) mass is 249 g/mol. The van der Waals surface area contributed by atoms with Crippen LogP contribution in [-0.4, -0.2) is 15.6 Å². The molecule has 0 radical (unpaired) electrons. The lowest BCUT2D eigenvalue weighted by Gasteiger charge is -2.00. The van der Waals surface area contributed by atoms with Gasteiger partial charge < -0.3 is 9.67 Å². The van der Waals surface area contributed by atoms with E-state index in [-0.39, 0.29) is 5.69 Å². The van der Waals surface area contributed by atoms with Gasteiger partial charge in [-0.25, -0.2) is 4.79 Å². The van der Waals surface area contributed by atoms with Crippen LogP contribution in [0, 0.1) is 0 Å². The molecule has 0 amide bonds. The summed E-state index contributed by atoms with van der Waals surface area (Å²) in [6, 6.07) is 9.04. The van der Waals surface area contributed by atoms with Crippen molar-refractivity contribution in [3.05, 3.63) is 47.2 Å². The van der Waals surface area contributed by atoms with E-state index >= 15 is 0 Å². The summed E-state index contributed by atoms with van der Waals surface area (Å²) in [5, 5.41) is 9.70. The summed E-state index contributed by atoms with van der Waals surface area (Å²) < 4.78 is 1.70. The predicted molar refractivity (Wildman–Crippen MR) is 67.5 cm³/mol. The molecule has 88 valence electrons. The molecule has 0 aliphatic heterocycles. The van der Waals surface area contributed by atoms with E-state index in [2.05, 4.69) is 0 Å². The molecule has 1 N–H and O–H groups in total. The molecule has 0 bridgehead atoms. The van der Waals surface area contributed by atoms with Crippen molar-refractivity contribution in [1.82, 2.24) is 4.57 Å². The molecule has 0 spiro atoms. The average molecular weight is 250 g/mol. The van der Waals surface area contributed by atoms with E-state index in [0.29, 0.717) is 11.6 Å². The number of carboxylic acid groups (broad SMARTS) is 1. The highest BCUT2D eigenvalue weighted by atomic mass is 35.5. The van der Waals surface area contributed by atoms with Crippen LogP contribution in [-0.2, 0) is 6.54 Å². The number of aromatic carboxylic acids is 1. The molecular formula is C13H12ClNO2. The number of benzene rings is 1. The van der Waals surface area contributed by atoms with Crippen molar-refractivity contribution in [2.45, 2.75) is 13.5 Å². The van der Waals surface area contributed by atoms with Crippen molar-refractivity contribution in [3.63, 3.8) is 0 Å². The van der Waals surface area contributed by atoms with Gasteiger partial charge in [-0.15, -0.1) is 0 Å². The topological polar surface area (TPSA) is 42.2 Å². The first-order valence-corrected chi connectivity index (χ1v) is 5.69. The summed E-state index contributed by atoms with van der Waals surface area (Å²) in [5.74, 6) is -0.926. The van der Waals surface area contributed by atoms with E-state index in [4.69, 9.17) is 16.7 Å². The average Bonchev–Trinajstić information content (AvgIpc) is 2.73. The van der Waals surface area contributed by atoms with Gasteiger partial charge in [-0.05, 0) is 19.1 Å². The zero-order valence-electron chi connectivity index (χ0n) is 9.35. The maximum absolute atomic E-state index is 11.1. The molecule has 2 rings (SSSR count). The minimum atomic E-state index is -0.926. The number of hydrogen-bond acceptors (Lipinski definition) is 1. The standard InChI is InChI=1S/C13H12ClNO2/c1-2-15-8-9(7-12(15)13(16)17)10-5-3-4-6-11(10)14/h3-8H,2H2,1H3,(H,16,17). The number of aromatic nitrogens is 1. The summed E-state index contributed by atoms with van der Waals surface area (Å²) in [5.41, 5.74) is 1.96. The molecule has 17 heavy (non-hydrogen) atoms. The number of nitrogens with zero attached hydrogens (tertiary/aromatic N) is 1. The first kappa shape index (κ1) is 11.7. The summed E-state index contributed by atoms with van der Waals surface area (Å²) >= 11 is 6.09. The van der Waals surface area contributed by atoms with Crippen LogP contribution in [0.25, 0.3) is 11.1 Å². The molecular weight excluding hydrogens is 238 g/mol. The Morgan fingerprint density at radius 2 is 2.12 bits per heavy atom. The molecule has 4 heteroatoms. The lowest BCUT2D eigenvalue weighted by Crippen LogP contribution is -2.05. The second-order valence-electron chi connectivity index (χ2n) is 3.69. The molecule has 2 aromatic rings. The molecule has 0 unspecified atom stereocenters. The second kappa shape index (κ2) is 4.63. The van der Waals surface area contributed by atoms with Gasteiger partial charge in [0.15, 0.2) is 0 Å². The lowest BCUT2D eigenvalue weighted by molar-refractivity contribution is 0.0685. The third-order valence-corrected chi connectivity index (χ3v) is 2.97. The Labute approximate surface area is 104 Å². The fourth-order valence-electron chi connectivity index (χ4n) is 1.79. The van der Waals surface area contributed by atoms with E-state index in [0.717, 1.165) is 11.1 Å². The Kier molecular flexibility index (Phi) is 3.20.